The molecule has 0 radical (unpaired) electrons. The van der Waals surface area contributed by atoms with Crippen molar-refractivity contribution in [1.29, 1.82) is 0 Å². The van der Waals surface area contributed by atoms with Crippen molar-refractivity contribution in [3.05, 3.63) is 48.0 Å². The van der Waals surface area contributed by atoms with Crippen LogP contribution < -0.4 is 10.2 Å². The summed E-state index contributed by atoms with van der Waals surface area (Å²) < 4.78 is 0. The number of anilines is 2. The first-order chi connectivity index (χ1) is 12.8. The molecular formula is C20H27N5O. The van der Waals surface area contributed by atoms with Crippen molar-refractivity contribution in [2.24, 2.45) is 0 Å². The normalized spacial score (nSPS) is 14.3. The summed E-state index contributed by atoms with van der Waals surface area (Å²) in [6.45, 7) is 5.98. The van der Waals surface area contributed by atoms with Crippen molar-refractivity contribution < 1.29 is 4.79 Å². The zero-order valence-corrected chi connectivity index (χ0v) is 15.4. The third-order valence-corrected chi connectivity index (χ3v) is 4.66. The van der Waals surface area contributed by atoms with Crippen LogP contribution in [0.3, 0.4) is 0 Å². The van der Waals surface area contributed by atoms with Crippen LogP contribution in [-0.4, -0.2) is 53.7 Å². The van der Waals surface area contributed by atoms with Gasteiger partial charge >= 0.3 is 0 Å². The minimum Gasteiger partial charge on any atom is -0.369 e. The predicted molar refractivity (Wildman–Crippen MR) is 104 cm³/mol. The highest BCUT2D eigenvalue weighted by Gasteiger charge is 2.21. The summed E-state index contributed by atoms with van der Waals surface area (Å²) in [6.07, 6.45) is 2.48. The van der Waals surface area contributed by atoms with E-state index < -0.39 is 0 Å². The molecule has 26 heavy (non-hydrogen) atoms. The topological polar surface area (TPSA) is 61.4 Å². The molecule has 1 N–H and O–H groups in total. The maximum absolute atomic E-state index is 12.4. The van der Waals surface area contributed by atoms with E-state index in [9.17, 15) is 4.79 Å². The molecule has 1 aromatic heterocycles. The molecule has 0 unspecified atom stereocenters. The summed E-state index contributed by atoms with van der Waals surface area (Å²) in [7, 11) is 0. The first-order valence-electron chi connectivity index (χ1n) is 9.40. The smallest absolute Gasteiger partial charge is 0.222 e. The molecule has 1 fully saturated rings. The molecule has 6 nitrogen and oxygen atoms in total. The summed E-state index contributed by atoms with van der Waals surface area (Å²) >= 11 is 0. The second-order valence-electron chi connectivity index (χ2n) is 6.51. The number of piperazine rings is 1. The molecule has 0 aliphatic carbocycles. The Kier molecular flexibility index (Phi) is 6.41. The maximum atomic E-state index is 12.4. The number of rotatable bonds is 7. The van der Waals surface area contributed by atoms with Gasteiger partial charge in [0.25, 0.3) is 0 Å². The number of aromatic nitrogens is 2. The summed E-state index contributed by atoms with van der Waals surface area (Å²) in [4.78, 5) is 16.6. The molecule has 138 valence electrons. The van der Waals surface area contributed by atoms with Gasteiger partial charge in [-0.15, -0.1) is 10.2 Å². The lowest BCUT2D eigenvalue weighted by Gasteiger charge is -2.35. The lowest BCUT2D eigenvalue weighted by Crippen LogP contribution is -2.49. The Bertz CT molecular complexity index is 681. The molecule has 0 saturated carbocycles. The van der Waals surface area contributed by atoms with Crippen molar-refractivity contribution >= 4 is 17.5 Å². The fourth-order valence-electron chi connectivity index (χ4n) is 3.20. The molecule has 3 rings (SSSR count). The van der Waals surface area contributed by atoms with Crippen LogP contribution in [0.5, 0.6) is 0 Å². The lowest BCUT2D eigenvalue weighted by atomic mass is 10.1. The SMILES string of the molecule is CCNc1ccc(N2CCN(C(=O)CCCc3ccccc3)CC2)nn1. The molecule has 1 amide bonds. The number of nitrogens with zero attached hydrogens (tertiary/aromatic N) is 4. The van der Waals surface area contributed by atoms with Gasteiger partial charge in [-0.2, -0.15) is 0 Å². The van der Waals surface area contributed by atoms with Crippen molar-refractivity contribution in [3.63, 3.8) is 0 Å². The van der Waals surface area contributed by atoms with Crippen LogP contribution in [0.1, 0.15) is 25.3 Å². The van der Waals surface area contributed by atoms with Crippen LogP contribution in [0, 0.1) is 0 Å². The van der Waals surface area contributed by atoms with Gasteiger partial charge in [0.1, 0.15) is 5.82 Å². The van der Waals surface area contributed by atoms with E-state index in [0.717, 1.165) is 57.2 Å². The van der Waals surface area contributed by atoms with E-state index in [0.29, 0.717) is 6.42 Å². The molecule has 6 heteroatoms. The van der Waals surface area contributed by atoms with Gasteiger partial charge in [-0.1, -0.05) is 30.3 Å². The van der Waals surface area contributed by atoms with E-state index in [2.05, 4.69) is 32.5 Å². The van der Waals surface area contributed by atoms with Gasteiger partial charge in [0, 0.05) is 39.1 Å². The van der Waals surface area contributed by atoms with Gasteiger partial charge in [0.15, 0.2) is 5.82 Å². The van der Waals surface area contributed by atoms with Crippen LogP contribution in [0.4, 0.5) is 11.6 Å². The van der Waals surface area contributed by atoms with E-state index in [1.807, 2.05) is 42.2 Å². The summed E-state index contributed by atoms with van der Waals surface area (Å²) in [6, 6.07) is 14.3. The quantitative estimate of drug-likeness (QED) is 0.829. The molecule has 2 aromatic rings. The number of amides is 1. The molecule has 2 heterocycles. The van der Waals surface area contributed by atoms with Crippen LogP contribution in [0.2, 0.25) is 0 Å². The zero-order chi connectivity index (χ0) is 18.2. The van der Waals surface area contributed by atoms with E-state index >= 15 is 0 Å². The average molecular weight is 353 g/mol. The Morgan fingerprint density at radius 1 is 1.04 bits per heavy atom. The Morgan fingerprint density at radius 2 is 1.81 bits per heavy atom. The highest BCUT2D eigenvalue weighted by Crippen LogP contribution is 2.15. The monoisotopic (exact) mass is 353 g/mol. The largest absolute Gasteiger partial charge is 0.369 e. The number of benzene rings is 1. The van der Waals surface area contributed by atoms with Gasteiger partial charge in [0.2, 0.25) is 5.91 Å². The molecule has 1 aliphatic rings. The minimum absolute atomic E-state index is 0.258. The summed E-state index contributed by atoms with van der Waals surface area (Å²) in [5.74, 6) is 1.93. The van der Waals surface area contributed by atoms with Gasteiger partial charge < -0.3 is 15.1 Å². The fraction of sp³-hybridized carbons (Fsp3) is 0.450. The van der Waals surface area contributed by atoms with Crippen LogP contribution in [0.15, 0.2) is 42.5 Å². The average Bonchev–Trinajstić information content (AvgIpc) is 2.70. The Hall–Kier alpha value is -2.63. The highest BCUT2D eigenvalue weighted by molar-refractivity contribution is 5.76. The van der Waals surface area contributed by atoms with Gasteiger partial charge in [-0.3, -0.25) is 4.79 Å². The molecule has 0 atom stereocenters. The third-order valence-electron chi connectivity index (χ3n) is 4.66. The summed E-state index contributed by atoms with van der Waals surface area (Å²) in [5, 5.41) is 11.6. The van der Waals surface area contributed by atoms with Crippen molar-refractivity contribution in [1.82, 2.24) is 15.1 Å². The second-order valence-corrected chi connectivity index (χ2v) is 6.51. The van der Waals surface area contributed by atoms with Crippen LogP contribution >= 0.6 is 0 Å². The summed E-state index contributed by atoms with van der Waals surface area (Å²) in [5.41, 5.74) is 1.30. The Balaban J connectivity index is 1.42. The van der Waals surface area contributed by atoms with Crippen molar-refractivity contribution in [2.75, 3.05) is 42.9 Å². The number of nitrogens with one attached hydrogen (secondary N) is 1. The first-order valence-corrected chi connectivity index (χ1v) is 9.40. The molecule has 1 saturated heterocycles. The predicted octanol–water partition coefficient (Wildman–Crippen LogP) is 2.58. The highest BCUT2D eigenvalue weighted by atomic mass is 16.2. The van der Waals surface area contributed by atoms with Gasteiger partial charge in [0.05, 0.1) is 0 Å². The molecule has 0 spiro atoms. The van der Waals surface area contributed by atoms with Crippen molar-refractivity contribution in [3.8, 4) is 0 Å². The standard InChI is InChI=1S/C20H27N5O/c1-2-21-18-11-12-19(23-22-18)24-13-15-25(16-14-24)20(26)10-6-9-17-7-4-3-5-8-17/h3-5,7-8,11-12H,2,6,9-10,13-16H2,1H3,(H,21,22). The number of hydrogen-bond donors (Lipinski definition) is 1. The molecule has 1 aromatic carbocycles. The molecule has 1 aliphatic heterocycles. The second kappa shape index (κ2) is 9.17. The van der Waals surface area contributed by atoms with Gasteiger partial charge in [-0.25, -0.2) is 0 Å². The number of carbonyl (C=O) groups excluding carboxylic acids is 1. The van der Waals surface area contributed by atoms with E-state index in [1.54, 1.807) is 0 Å². The van der Waals surface area contributed by atoms with Crippen molar-refractivity contribution in [2.45, 2.75) is 26.2 Å². The number of aryl methyl sites for hydroxylation is 1. The fourth-order valence-corrected chi connectivity index (χ4v) is 3.20. The van der Waals surface area contributed by atoms with E-state index in [4.69, 9.17) is 0 Å². The molecular weight excluding hydrogens is 326 g/mol. The van der Waals surface area contributed by atoms with Crippen LogP contribution in [0.25, 0.3) is 0 Å². The number of carbonyl (C=O) groups is 1. The minimum atomic E-state index is 0.258. The Morgan fingerprint density at radius 3 is 2.46 bits per heavy atom. The number of hydrogen-bond acceptors (Lipinski definition) is 5. The van der Waals surface area contributed by atoms with E-state index in [1.165, 1.54) is 5.56 Å². The lowest BCUT2D eigenvalue weighted by molar-refractivity contribution is -0.131. The Labute approximate surface area is 155 Å². The van der Waals surface area contributed by atoms with Crippen LogP contribution in [-0.2, 0) is 11.2 Å². The van der Waals surface area contributed by atoms with E-state index in [-0.39, 0.29) is 5.91 Å². The maximum Gasteiger partial charge on any atom is 0.222 e. The third kappa shape index (κ3) is 4.94. The van der Waals surface area contributed by atoms with Gasteiger partial charge in [-0.05, 0) is 37.5 Å². The first kappa shape index (κ1) is 18.2. The molecule has 0 bridgehead atoms. The zero-order valence-electron chi connectivity index (χ0n) is 15.4.